The number of hydrogen-bond donors (Lipinski definition) is 2. The Labute approximate surface area is 171 Å². The first-order chi connectivity index (χ1) is 13.7. The van der Waals surface area contributed by atoms with E-state index in [-0.39, 0.29) is 17.6 Å². The van der Waals surface area contributed by atoms with Crippen molar-refractivity contribution in [3.63, 3.8) is 0 Å². The molecule has 0 aliphatic heterocycles. The van der Waals surface area contributed by atoms with E-state index in [1.807, 2.05) is 24.3 Å². The van der Waals surface area contributed by atoms with Crippen LogP contribution in [0.4, 0.5) is 5.00 Å². The Morgan fingerprint density at radius 2 is 2.11 bits per heavy atom. The first-order valence-electron chi connectivity index (χ1n) is 9.34. The second-order valence-electron chi connectivity index (χ2n) is 6.53. The Morgan fingerprint density at radius 1 is 1.29 bits per heavy atom. The van der Waals surface area contributed by atoms with E-state index in [9.17, 15) is 9.59 Å². The largest absolute Gasteiger partial charge is 0.462 e. The molecule has 1 aliphatic rings. The molecule has 1 aromatic carbocycles. The Balaban J connectivity index is 1.47. The summed E-state index contributed by atoms with van der Waals surface area (Å²) in [7, 11) is 0. The van der Waals surface area contributed by atoms with Gasteiger partial charge in [-0.05, 0) is 50.3 Å². The minimum atomic E-state index is -0.345. The minimum Gasteiger partial charge on any atom is -0.462 e. The van der Waals surface area contributed by atoms with Gasteiger partial charge in [-0.2, -0.15) is 0 Å². The fourth-order valence-electron chi connectivity index (χ4n) is 3.37. The van der Waals surface area contributed by atoms with Gasteiger partial charge in [0.25, 0.3) is 0 Å². The average molecular weight is 416 g/mol. The number of aromatic nitrogens is 2. The van der Waals surface area contributed by atoms with E-state index in [4.69, 9.17) is 4.74 Å². The Kier molecular flexibility index (Phi) is 5.68. The van der Waals surface area contributed by atoms with Crippen LogP contribution in [0.15, 0.2) is 29.4 Å². The molecule has 1 aliphatic carbocycles. The predicted octanol–water partition coefficient (Wildman–Crippen LogP) is 4.41. The van der Waals surface area contributed by atoms with Crippen molar-refractivity contribution in [3.05, 3.63) is 40.3 Å². The van der Waals surface area contributed by atoms with Crippen LogP contribution in [-0.2, 0) is 22.4 Å². The lowest BCUT2D eigenvalue weighted by Gasteiger charge is -2.12. The molecule has 2 N–H and O–H groups in total. The zero-order valence-electron chi connectivity index (χ0n) is 15.5. The smallest absolute Gasteiger partial charge is 0.341 e. The highest BCUT2D eigenvalue weighted by atomic mass is 32.2. The maximum absolute atomic E-state index is 12.5. The van der Waals surface area contributed by atoms with Crippen molar-refractivity contribution in [1.82, 2.24) is 9.97 Å². The van der Waals surface area contributed by atoms with Crippen LogP contribution in [-0.4, -0.2) is 34.2 Å². The summed E-state index contributed by atoms with van der Waals surface area (Å²) in [6.07, 6.45) is 4.00. The van der Waals surface area contributed by atoms with Gasteiger partial charge in [-0.25, -0.2) is 9.78 Å². The van der Waals surface area contributed by atoms with Crippen molar-refractivity contribution in [3.8, 4) is 0 Å². The molecule has 1 amide bonds. The number of carbonyl (C=O) groups excluding carboxylic acids is 2. The lowest BCUT2D eigenvalue weighted by Crippen LogP contribution is -2.17. The molecule has 0 radical (unpaired) electrons. The van der Waals surface area contributed by atoms with Crippen LogP contribution >= 0.6 is 23.1 Å². The van der Waals surface area contributed by atoms with Crippen LogP contribution in [0.5, 0.6) is 0 Å². The van der Waals surface area contributed by atoms with Gasteiger partial charge in [-0.1, -0.05) is 23.9 Å². The van der Waals surface area contributed by atoms with Crippen LogP contribution in [0.25, 0.3) is 11.0 Å². The third-order valence-corrected chi connectivity index (χ3v) is 6.69. The van der Waals surface area contributed by atoms with Gasteiger partial charge in [0.15, 0.2) is 5.16 Å². The molecule has 0 saturated heterocycles. The summed E-state index contributed by atoms with van der Waals surface area (Å²) in [5.74, 6) is -0.290. The number of carbonyl (C=O) groups is 2. The summed E-state index contributed by atoms with van der Waals surface area (Å²) in [6, 6.07) is 7.75. The highest BCUT2D eigenvalue weighted by Crippen LogP contribution is 2.38. The molecule has 0 bridgehead atoms. The summed E-state index contributed by atoms with van der Waals surface area (Å²) in [4.78, 5) is 33.9. The molecule has 146 valence electrons. The second-order valence-corrected chi connectivity index (χ2v) is 8.60. The van der Waals surface area contributed by atoms with Gasteiger partial charge in [-0.15, -0.1) is 11.3 Å². The van der Waals surface area contributed by atoms with Gasteiger partial charge in [0.1, 0.15) is 5.00 Å². The summed E-state index contributed by atoms with van der Waals surface area (Å²) in [6.45, 7) is 2.11. The SMILES string of the molecule is CCOC(=O)c1c(NC(=O)CSc2nc3ccccc3[nH]2)sc2c1CCCC2. The second kappa shape index (κ2) is 8.36. The number of rotatable bonds is 6. The van der Waals surface area contributed by atoms with Gasteiger partial charge >= 0.3 is 5.97 Å². The van der Waals surface area contributed by atoms with Crippen LogP contribution in [0, 0.1) is 0 Å². The van der Waals surface area contributed by atoms with E-state index in [1.54, 1.807) is 6.92 Å². The number of esters is 1. The molecule has 0 atom stereocenters. The zero-order chi connectivity index (χ0) is 19.5. The number of nitrogens with one attached hydrogen (secondary N) is 2. The number of amides is 1. The number of imidazole rings is 1. The Bertz CT molecular complexity index is 992. The van der Waals surface area contributed by atoms with Gasteiger partial charge in [0.05, 0.1) is 29.0 Å². The first-order valence-corrected chi connectivity index (χ1v) is 11.1. The normalized spacial score (nSPS) is 13.3. The number of H-pyrrole nitrogens is 1. The molecule has 0 fully saturated rings. The quantitative estimate of drug-likeness (QED) is 0.460. The van der Waals surface area contributed by atoms with E-state index >= 15 is 0 Å². The summed E-state index contributed by atoms with van der Waals surface area (Å²) in [5, 5.41) is 4.24. The van der Waals surface area contributed by atoms with Gasteiger partial charge < -0.3 is 15.0 Å². The van der Waals surface area contributed by atoms with E-state index in [0.29, 0.717) is 22.3 Å². The fraction of sp³-hybridized carbons (Fsp3) is 0.350. The van der Waals surface area contributed by atoms with Crippen molar-refractivity contribution >= 4 is 51.0 Å². The van der Waals surface area contributed by atoms with Crippen molar-refractivity contribution in [1.29, 1.82) is 0 Å². The van der Waals surface area contributed by atoms with Crippen LogP contribution < -0.4 is 5.32 Å². The molecule has 4 rings (SSSR count). The van der Waals surface area contributed by atoms with Crippen molar-refractivity contribution in [2.45, 2.75) is 37.8 Å². The average Bonchev–Trinajstić information content (AvgIpc) is 3.27. The molecule has 8 heteroatoms. The number of thiophene rings is 1. The number of para-hydroxylation sites is 2. The third kappa shape index (κ3) is 3.93. The standard InChI is InChI=1S/C20H21N3O3S2/c1-2-26-19(25)17-12-7-3-6-10-15(12)28-18(17)23-16(24)11-27-20-21-13-8-4-5-9-14(13)22-20/h4-5,8-9H,2-3,6-7,10-11H2,1H3,(H,21,22)(H,23,24). The lowest BCUT2D eigenvalue weighted by molar-refractivity contribution is -0.113. The summed E-state index contributed by atoms with van der Waals surface area (Å²) < 4.78 is 5.23. The third-order valence-electron chi connectivity index (χ3n) is 4.61. The van der Waals surface area contributed by atoms with E-state index < -0.39 is 0 Å². The maximum atomic E-state index is 12.5. The van der Waals surface area contributed by atoms with Crippen molar-refractivity contribution in [2.75, 3.05) is 17.7 Å². The number of anilines is 1. The zero-order valence-corrected chi connectivity index (χ0v) is 17.2. The number of hydrogen-bond acceptors (Lipinski definition) is 6. The van der Waals surface area contributed by atoms with Gasteiger partial charge in [-0.3, -0.25) is 4.79 Å². The Hall–Kier alpha value is -2.32. The number of nitrogens with zero attached hydrogens (tertiary/aromatic N) is 1. The number of ether oxygens (including phenoxy) is 1. The highest BCUT2D eigenvalue weighted by Gasteiger charge is 2.27. The molecule has 2 heterocycles. The van der Waals surface area contributed by atoms with E-state index in [0.717, 1.165) is 42.3 Å². The van der Waals surface area contributed by atoms with Gasteiger partial charge in [0, 0.05) is 4.88 Å². The monoisotopic (exact) mass is 415 g/mol. The van der Waals surface area contributed by atoms with E-state index in [1.165, 1.54) is 28.0 Å². The minimum absolute atomic E-state index is 0.158. The number of aryl methyl sites for hydroxylation is 1. The van der Waals surface area contributed by atoms with Crippen LogP contribution in [0.2, 0.25) is 0 Å². The van der Waals surface area contributed by atoms with Crippen molar-refractivity contribution in [2.24, 2.45) is 0 Å². The molecule has 0 spiro atoms. The predicted molar refractivity (Wildman–Crippen MR) is 112 cm³/mol. The molecule has 0 unspecified atom stereocenters. The molecule has 2 aromatic heterocycles. The maximum Gasteiger partial charge on any atom is 0.341 e. The molecular formula is C20H21N3O3S2. The molecule has 6 nitrogen and oxygen atoms in total. The molecular weight excluding hydrogens is 394 g/mol. The number of aromatic amines is 1. The Morgan fingerprint density at radius 3 is 2.93 bits per heavy atom. The molecule has 3 aromatic rings. The highest BCUT2D eigenvalue weighted by molar-refractivity contribution is 7.99. The van der Waals surface area contributed by atoms with Crippen LogP contribution in [0.1, 0.15) is 40.6 Å². The van der Waals surface area contributed by atoms with Gasteiger partial charge in [0.2, 0.25) is 5.91 Å². The number of benzene rings is 1. The number of thioether (sulfide) groups is 1. The van der Waals surface area contributed by atoms with Crippen LogP contribution in [0.3, 0.4) is 0 Å². The lowest BCUT2D eigenvalue weighted by atomic mass is 9.95. The van der Waals surface area contributed by atoms with Crippen molar-refractivity contribution < 1.29 is 14.3 Å². The summed E-state index contributed by atoms with van der Waals surface area (Å²) in [5.41, 5.74) is 3.42. The fourth-order valence-corrected chi connectivity index (χ4v) is 5.35. The first kappa shape index (κ1) is 19.0. The number of fused-ring (bicyclic) bond motifs is 2. The van der Waals surface area contributed by atoms with E-state index in [2.05, 4.69) is 15.3 Å². The molecule has 28 heavy (non-hydrogen) atoms. The summed E-state index contributed by atoms with van der Waals surface area (Å²) >= 11 is 2.85. The molecule has 0 saturated carbocycles. The topological polar surface area (TPSA) is 84.1 Å².